The molecule has 1 aromatic heterocycles. The molecular weight excluding hydrogens is 205 g/mol. The van der Waals surface area contributed by atoms with Crippen LogP contribution in [0.15, 0.2) is 41.0 Å². The van der Waals surface area contributed by atoms with E-state index in [4.69, 9.17) is 10.2 Å². The van der Waals surface area contributed by atoms with Crippen molar-refractivity contribution in [2.24, 2.45) is 5.73 Å². The molecule has 1 atom stereocenters. The van der Waals surface area contributed by atoms with E-state index in [9.17, 15) is 4.39 Å². The fourth-order valence-corrected chi connectivity index (χ4v) is 1.81. The lowest BCUT2D eigenvalue weighted by Crippen LogP contribution is -2.14. The molecule has 0 amide bonds. The quantitative estimate of drug-likeness (QED) is 0.861. The summed E-state index contributed by atoms with van der Waals surface area (Å²) in [6, 6.07) is 7.89. The van der Waals surface area contributed by atoms with E-state index in [0.717, 1.165) is 17.7 Å². The molecule has 0 bridgehead atoms. The van der Waals surface area contributed by atoms with Gasteiger partial charge in [-0.2, -0.15) is 0 Å². The molecule has 84 valence electrons. The van der Waals surface area contributed by atoms with Crippen molar-refractivity contribution in [3.8, 4) is 0 Å². The molecule has 0 radical (unpaired) electrons. The van der Waals surface area contributed by atoms with Crippen LogP contribution < -0.4 is 5.73 Å². The summed E-state index contributed by atoms with van der Waals surface area (Å²) in [7, 11) is 0. The zero-order chi connectivity index (χ0) is 11.5. The lowest BCUT2D eigenvalue weighted by molar-refractivity contribution is 0.507. The van der Waals surface area contributed by atoms with Crippen molar-refractivity contribution in [1.29, 1.82) is 0 Å². The highest BCUT2D eigenvalue weighted by Gasteiger charge is 2.17. The van der Waals surface area contributed by atoms with Crippen LogP contribution in [0.1, 0.15) is 29.9 Å². The third-order valence-electron chi connectivity index (χ3n) is 2.68. The Kier molecular flexibility index (Phi) is 3.06. The smallest absolute Gasteiger partial charge is 0.128 e. The highest BCUT2D eigenvalue weighted by Crippen LogP contribution is 2.25. The Balaban J connectivity index is 2.39. The maximum absolute atomic E-state index is 13.6. The maximum Gasteiger partial charge on any atom is 0.128 e. The van der Waals surface area contributed by atoms with Crippen LogP contribution in [0.4, 0.5) is 4.39 Å². The summed E-state index contributed by atoms with van der Waals surface area (Å²) in [5.41, 5.74) is 7.39. The second-order valence-electron chi connectivity index (χ2n) is 3.65. The van der Waals surface area contributed by atoms with Crippen LogP contribution in [0, 0.1) is 5.82 Å². The molecule has 1 heterocycles. The molecular formula is C13H14FNO. The third-order valence-corrected chi connectivity index (χ3v) is 2.68. The fourth-order valence-electron chi connectivity index (χ4n) is 1.81. The van der Waals surface area contributed by atoms with Crippen LogP contribution in [0.5, 0.6) is 0 Å². The molecule has 1 unspecified atom stereocenters. The van der Waals surface area contributed by atoms with E-state index in [1.807, 2.05) is 6.92 Å². The number of hydrogen-bond donors (Lipinski definition) is 1. The molecule has 3 heteroatoms. The van der Waals surface area contributed by atoms with Crippen LogP contribution in [-0.4, -0.2) is 0 Å². The Morgan fingerprint density at radius 2 is 2.00 bits per heavy atom. The zero-order valence-electron chi connectivity index (χ0n) is 9.11. The van der Waals surface area contributed by atoms with Gasteiger partial charge in [-0.15, -0.1) is 0 Å². The molecule has 2 nitrogen and oxygen atoms in total. The first-order chi connectivity index (χ1) is 7.74. The first-order valence-corrected chi connectivity index (χ1v) is 5.30. The molecule has 16 heavy (non-hydrogen) atoms. The molecule has 2 aromatic rings. The van der Waals surface area contributed by atoms with Gasteiger partial charge in [0.1, 0.15) is 11.6 Å². The average molecular weight is 219 g/mol. The Hall–Kier alpha value is -1.61. The summed E-state index contributed by atoms with van der Waals surface area (Å²) in [6.07, 6.45) is 2.35. The minimum atomic E-state index is -0.463. The van der Waals surface area contributed by atoms with E-state index in [1.54, 1.807) is 30.5 Å². The van der Waals surface area contributed by atoms with Crippen molar-refractivity contribution in [3.05, 3.63) is 59.3 Å². The number of aryl methyl sites for hydroxylation is 1. The fraction of sp³-hybridized carbons (Fsp3) is 0.231. The van der Waals surface area contributed by atoms with Gasteiger partial charge in [0.15, 0.2) is 0 Å². The van der Waals surface area contributed by atoms with Crippen LogP contribution in [0.25, 0.3) is 0 Å². The largest absolute Gasteiger partial charge is 0.469 e. The standard InChI is InChI=1S/C13H14FNO/c1-2-12-10(7-8-16-12)13(15)9-5-3-4-6-11(9)14/h3-8,13H,2,15H2,1H3. The predicted molar refractivity (Wildman–Crippen MR) is 60.5 cm³/mol. The number of hydrogen-bond acceptors (Lipinski definition) is 2. The normalized spacial score (nSPS) is 12.7. The van der Waals surface area contributed by atoms with Crippen molar-refractivity contribution in [2.75, 3.05) is 0 Å². The summed E-state index contributed by atoms with van der Waals surface area (Å²) >= 11 is 0. The predicted octanol–water partition coefficient (Wildman–Crippen LogP) is 3.03. The number of nitrogens with two attached hydrogens (primary N) is 1. The molecule has 0 saturated carbocycles. The van der Waals surface area contributed by atoms with Gasteiger partial charge in [0, 0.05) is 17.5 Å². The minimum absolute atomic E-state index is 0.279. The van der Waals surface area contributed by atoms with Crippen molar-refractivity contribution in [3.63, 3.8) is 0 Å². The van der Waals surface area contributed by atoms with Crippen molar-refractivity contribution < 1.29 is 8.81 Å². The Morgan fingerprint density at radius 1 is 1.25 bits per heavy atom. The maximum atomic E-state index is 13.6. The van der Waals surface area contributed by atoms with E-state index in [1.165, 1.54) is 6.07 Å². The SMILES string of the molecule is CCc1occc1C(N)c1ccccc1F. The number of halogens is 1. The molecule has 0 aliphatic rings. The summed E-state index contributed by atoms with van der Waals surface area (Å²) in [5, 5.41) is 0. The summed E-state index contributed by atoms with van der Waals surface area (Å²) in [6.45, 7) is 1.98. The van der Waals surface area contributed by atoms with Gasteiger partial charge >= 0.3 is 0 Å². The molecule has 2 rings (SSSR count). The van der Waals surface area contributed by atoms with E-state index in [2.05, 4.69) is 0 Å². The number of furan rings is 1. The molecule has 2 N–H and O–H groups in total. The van der Waals surface area contributed by atoms with E-state index >= 15 is 0 Å². The van der Waals surface area contributed by atoms with Crippen LogP contribution in [0.2, 0.25) is 0 Å². The molecule has 0 aliphatic heterocycles. The van der Waals surface area contributed by atoms with Gasteiger partial charge in [-0.1, -0.05) is 25.1 Å². The monoisotopic (exact) mass is 219 g/mol. The first kappa shape index (κ1) is 10.9. The average Bonchev–Trinajstić information content (AvgIpc) is 2.77. The zero-order valence-corrected chi connectivity index (χ0v) is 9.11. The summed E-state index contributed by atoms with van der Waals surface area (Å²) < 4.78 is 18.9. The van der Waals surface area contributed by atoms with Crippen molar-refractivity contribution in [2.45, 2.75) is 19.4 Å². The van der Waals surface area contributed by atoms with Gasteiger partial charge in [-0.25, -0.2) is 4.39 Å². The van der Waals surface area contributed by atoms with Crippen molar-refractivity contribution >= 4 is 0 Å². The van der Waals surface area contributed by atoms with Gasteiger partial charge in [0.2, 0.25) is 0 Å². The van der Waals surface area contributed by atoms with Crippen LogP contribution >= 0.6 is 0 Å². The van der Waals surface area contributed by atoms with Crippen LogP contribution in [-0.2, 0) is 6.42 Å². The first-order valence-electron chi connectivity index (χ1n) is 5.30. The van der Waals surface area contributed by atoms with E-state index in [0.29, 0.717) is 5.56 Å². The molecule has 0 aliphatic carbocycles. The number of rotatable bonds is 3. The summed E-state index contributed by atoms with van der Waals surface area (Å²) in [4.78, 5) is 0. The van der Waals surface area contributed by atoms with Gasteiger partial charge in [0.05, 0.1) is 12.3 Å². The van der Waals surface area contributed by atoms with Gasteiger partial charge in [0.25, 0.3) is 0 Å². The Morgan fingerprint density at radius 3 is 2.69 bits per heavy atom. The van der Waals surface area contributed by atoms with Crippen LogP contribution in [0.3, 0.4) is 0 Å². The molecule has 0 fully saturated rings. The van der Waals surface area contributed by atoms with E-state index in [-0.39, 0.29) is 5.82 Å². The molecule has 1 aromatic carbocycles. The van der Waals surface area contributed by atoms with Gasteiger partial charge < -0.3 is 10.2 Å². The third kappa shape index (κ3) is 1.86. The Bertz CT molecular complexity index is 478. The van der Waals surface area contributed by atoms with Gasteiger partial charge in [-0.3, -0.25) is 0 Å². The van der Waals surface area contributed by atoms with Gasteiger partial charge in [-0.05, 0) is 12.1 Å². The number of benzene rings is 1. The van der Waals surface area contributed by atoms with E-state index < -0.39 is 6.04 Å². The second kappa shape index (κ2) is 4.49. The lowest BCUT2D eigenvalue weighted by atomic mass is 9.99. The highest BCUT2D eigenvalue weighted by atomic mass is 19.1. The molecule has 0 saturated heterocycles. The second-order valence-corrected chi connectivity index (χ2v) is 3.65. The Labute approximate surface area is 93.9 Å². The molecule has 0 spiro atoms. The lowest BCUT2D eigenvalue weighted by Gasteiger charge is -2.12. The summed E-state index contributed by atoms with van der Waals surface area (Å²) in [5.74, 6) is 0.536. The van der Waals surface area contributed by atoms with Crippen molar-refractivity contribution in [1.82, 2.24) is 0 Å². The highest BCUT2D eigenvalue weighted by molar-refractivity contribution is 5.33. The topological polar surface area (TPSA) is 39.2 Å². The minimum Gasteiger partial charge on any atom is -0.469 e.